The SMILES string of the molecule is NCC1CCCCC1S(=O)c1cccs1. The van der Waals surface area contributed by atoms with Gasteiger partial charge in [-0.1, -0.05) is 18.9 Å². The maximum atomic E-state index is 12.3. The molecular formula is C11H17NOS2. The first-order valence-corrected chi connectivity index (χ1v) is 7.56. The summed E-state index contributed by atoms with van der Waals surface area (Å²) in [5.74, 6) is 0.460. The van der Waals surface area contributed by atoms with Crippen molar-refractivity contribution in [1.29, 1.82) is 0 Å². The van der Waals surface area contributed by atoms with Crippen LogP contribution in [-0.4, -0.2) is 16.0 Å². The summed E-state index contributed by atoms with van der Waals surface area (Å²) >= 11 is 1.60. The van der Waals surface area contributed by atoms with Gasteiger partial charge in [-0.15, -0.1) is 11.3 Å². The van der Waals surface area contributed by atoms with Crippen LogP contribution in [0.2, 0.25) is 0 Å². The fourth-order valence-corrected chi connectivity index (χ4v) is 5.11. The molecule has 84 valence electrons. The van der Waals surface area contributed by atoms with Gasteiger partial charge in [-0.3, -0.25) is 4.21 Å². The standard InChI is InChI=1S/C11H17NOS2/c12-8-9-4-1-2-5-10(9)15(13)11-6-3-7-14-11/h3,6-7,9-10H,1-2,4-5,8,12H2. The third-order valence-corrected chi connectivity index (χ3v) is 6.26. The van der Waals surface area contributed by atoms with E-state index < -0.39 is 10.8 Å². The minimum Gasteiger partial charge on any atom is -0.330 e. The molecule has 0 saturated heterocycles. The van der Waals surface area contributed by atoms with Crippen LogP contribution in [0.1, 0.15) is 25.7 Å². The maximum Gasteiger partial charge on any atom is 0.0913 e. The Morgan fingerprint density at radius 2 is 2.27 bits per heavy atom. The molecule has 1 aromatic rings. The van der Waals surface area contributed by atoms with Crippen LogP contribution in [-0.2, 0) is 10.8 Å². The molecule has 3 unspecified atom stereocenters. The van der Waals surface area contributed by atoms with E-state index in [1.807, 2.05) is 17.5 Å². The summed E-state index contributed by atoms with van der Waals surface area (Å²) < 4.78 is 13.3. The zero-order valence-electron chi connectivity index (χ0n) is 8.72. The second-order valence-corrected chi connectivity index (χ2v) is 6.89. The molecule has 0 bridgehead atoms. The summed E-state index contributed by atoms with van der Waals surface area (Å²) in [4.78, 5) is 0. The molecule has 0 radical (unpaired) electrons. The van der Waals surface area contributed by atoms with Crippen LogP contribution < -0.4 is 5.73 Å². The van der Waals surface area contributed by atoms with E-state index in [1.54, 1.807) is 11.3 Å². The van der Waals surface area contributed by atoms with Gasteiger partial charge in [0.25, 0.3) is 0 Å². The van der Waals surface area contributed by atoms with Crippen LogP contribution in [0.4, 0.5) is 0 Å². The van der Waals surface area contributed by atoms with Crippen molar-refractivity contribution in [2.45, 2.75) is 35.1 Å². The predicted molar refractivity (Wildman–Crippen MR) is 65.5 cm³/mol. The number of thiophene rings is 1. The third kappa shape index (κ3) is 2.49. The first-order valence-electron chi connectivity index (χ1n) is 5.47. The first-order chi connectivity index (χ1) is 7.33. The van der Waals surface area contributed by atoms with Crippen LogP contribution in [0.5, 0.6) is 0 Å². The molecule has 2 N–H and O–H groups in total. The van der Waals surface area contributed by atoms with Gasteiger partial charge in [-0.2, -0.15) is 0 Å². The monoisotopic (exact) mass is 243 g/mol. The molecule has 4 heteroatoms. The number of hydrogen-bond acceptors (Lipinski definition) is 3. The molecule has 0 amide bonds. The quantitative estimate of drug-likeness (QED) is 0.885. The number of nitrogens with two attached hydrogens (primary N) is 1. The molecule has 1 heterocycles. The minimum atomic E-state index is -0.830. The molecular weight excluding hydrogens is 226 g/mol. The summed E-state index contributed by atoms with van der Waals surface area (Å²) in [6, 6.07) is 3.95. The smallest absolute Gasteiger partial charge is 0.0913 e. The lowest BCUT2D eigenvalue weighted by Crippen LogP contribution is -2.34. The van der Waals surface area contributed by atoms with E-state index in [9.17, 15) is 4.21 Å². The zero-order valence-corrected chi connectivity index (χ0v) is 10.4. The fraction of sp³-hybridized carbons (Fsp3) is 0.636. The van der Waals surface area contributed by atoms with Crippen molar-refractivity contribution in [2.24, 2.45) is 11.7 Å². The number of rotatable bonds is 3. The highest BCUT2D eigenvalue weighted by Gasteiger charge is 2.29. The average molecular weight is 243 g/mol. The lowest BCUT2D eigenvalue weighted by Gasteiger charge is -2.29. The maximum absolute atomic E-state index is 12.3. The lowest BCUT2D eigenvalue weighted by molar-refractivity contribution is 0.372. The van der Waals surface area contributed by atoms with E-state index in [4.69, 9.17) is 5.73 Å². The lowest BCUT2D eigenvalue weighted by atomic mass is 9.89. The van der Waals surface area contributed by atoms with Crippen molar-refractivity contribution in [2.75, 3.05) is 6.54 Å². The summed E-state index contributed by atoms with van der Waals surface area (Å²) in [6.07, 6.45) is 4.68. The highest BCUT2D eigenvalue weighted by atomic mass is 32.2. The van der Waals surface area contributed by atoms with E-state index >= 15 is 0 Å². The van der Waals surface area contributed by atoms with Crippen molar-refractivity contribution in [3.8, 4) is 0 Å². The molecule has 0 aromatic carbocycles. The fourth-order valence-electron chi connectivity index (χ4n) is 2.25. The second kappa shape index (κ2) is 5.23. The number of hydrogen-bond donors (Lipinski definition) is 1. The normalized spacial score (nSPS) is 28.9. The molecule has 0 spiro atoms. The summed E-state index contributed by atoms with van der Waals surface area (Å²) in [5, 5.41) is 2.29. The Labute approximate surface area is 97.3 Å². The predicted octanol–water partition coefficient (Wildman–Crippen LogP) is 2.37. The highest BCUT2D eigenvalue weighted by Crippen LogP contribution is 2.31. The van der Waals surface area contributed by atoms with E-state index in [0.717, 1.165) is 17.1 Å². The molecule has 1 aliphatic carbocycles. The molecule has 2 nitrogen and oxygen atoms in total. The van der Waals surface area contributed by atoms with Crippen molar-refractivity contribution >= 4 is 22.1 Å². The molecule has 1 saturated carbocycles. The third-order valence-electron chi connectivity index (χ3n) is 3.11. The second-order valence-electron chi connectivity index (χ2n) is 4.05. The highest BCUT2D eigenvalue weighted by molar-refractivity contribution is 7.87. The van der Waals surface area contributed by atoms with Crippen LogP contribution in [0.3, 0.4) is 0 Å². The van der Waals surface area contributed by atoms with E-state index in [2.05, 4.69) is 0 Å². The summed E-state index contributed by atoms with van der Waals surface area (Å²) in [5.41, 5.74) is 5.75. The molecule has 3 atom stereocenters. The van der Waals surface area contributed by atoms with Gasteiger partial charge in [0.1, 0.15) is 0 Å². The first kappa shape index (κ1) is 11.3. The summed E-state index contributed by atoms with van der Waals surface area (Å²) in [6.45, 7) is 0.682. The van der Waals surface area contributed by atoms with Crippen LogP contribution in [0.15, 0.2) is 21.7 Å². The van der Waals surface area contributed by atoms with Gasteiger partial charge in [0.2, 0.25) is 0 Å². The van der Waals surface area contributed by atoms with Crippen LogP contribution >= 0.6 is 11.3 Å². The van der Waals surface area contributed by atoms with Gasteiger partial charge >= 0.3 is 0 Å². The van der Waals surface area contributed by atoms with Crippen molar-refractivity contribution in [1.82, 2.24) is 0 Å². The Morgan fingerprint density at radius 3 is 2.93 bits per heavy atom. The van der Waals surface area contributed by atoms with Gasteiger partial charge in [-0.05, 0) is 36.8 Å². The zero-order chi connectivity index (χ0) is 10.7. The Kier molecular flexibility index (Phi) is 3.94. The van der Waals surface area contributed by atoms with Gasteiger partial charge < -0.3 is 5.73 Å². The molecule has 1 fully saturated rings. The Morgan fingerprint density at radius 1 is 1.47 bits per heavy atom. The topological polar surface area (TPSA) is 43.1 Å². The Hall–Kier alpha value is -0.190. The van der Waals surface area contributed by atoms with Crippen LogP contribution in [0, 0.1) is 5.92 Å². The summed E-state index contributed by atoms with van der Waals surface area (Å²) in [7, 11) is -0.830. The minimum absolute atomic E-state index is 0.294. The molecule has 0 aliphatic heterocycles. The molecule has 15 heavy (non-hydrogen) atoms. The van der Waals surface area contributed by atoms with Gasteiger partial charge in [0.15, 0.2) is 0 Å². The van der Waals surface area contributed by atoms with Crippen molar-refractivity contribution in [3.05, 3.63) is 17.5 Å². The Balaban J connectivity index is 2.11. The molecule has 1 aliphatic rings. The van der Waals surface area contributed by atoms with E-state index in [-0.39, 0.29) is 0 Å². The van der Waals surface area contributed by atoms with E-state index in [0.29, 0.717) is 17.7 Å². The van der Waals surface area contributed by atoms with Gasteiger partial charge in [-0.25, -0.2) is 0 Å². The van der Waals surface area contributed by atoms with Crippen molar-refractivity contribution < 1.29 is 4.21 Å². The average Bonchev–Trinajstić information content (AvgIpc) is 2.81. The molecule has 2 rings (SSSR count). The van der Waals surface area contributed by atoms with Gasteiger partial charge in [0, 0.05) is 5.25 Å². The largest absolute Gasteiger partial charge is 0.330 e. The molecule has 1 aromatic heterocycles. The van der Waals surface area contributed by atoms with Crippen LogP contribution in [0.25, 0.3) is 0 Å². The van der Waals surface area contributed by atoms with E-state index in [1.165, 1.54) is 12.8 Å². The van der Waals surface area contributed by atoms with Gasteiger partial charge in [0.05, 0.1) is 15.0 Å². The van der Waals surface area contributed by atoms with Crippen molar-refractivity contribution in [3.63, 3.8) is 0 Å². The Bertz CT molecular complexity index is 323.